The van der Waals surface area contributed by atoms with Crippen molar-refractivity contribution in [2.45, 2.75) is 16.8 Å². The first-order chi connectivity index (χ1) is 8.19. The van der Waals surface area contributed by atoms with Gasteiger partial charge in [0.15, 0.2) is 0 Å². The maximum Gasteiger partial charge on any atom is 0.119 e. The summed E-state index contributed by atoms with van der Waals surface area (Å²) in [6.45, 7) is 1.89. The zero-order valence-corrected chi connectivity index (χ0v) is 10.0. The van der Waals surface area contributed by atoms with Crippen LogP contribution in [0.1, 0.15) is 11.3 Å². The van der Waals surface area contributed by atoms with Gasteiger partial charge in [-0.15, -0.1) is 0 Å². The molecule has 0 aliphatic carbocycles. The van der Waals surface area contributed by atoms with Gasteiger partial charge in [0.05, 0.1) is 5.56 Å². The van der Waals surface area contributed by atoms with Crippen LogP contribution >= 0.6 is 11.8 Å². The van der Waals surface area contributed by atoms with Crippen LogP contribution in [0.4, 0.5) is 0 Å². The van der Waals surface area contributed by atoms with Gasteiger partial charge in [0, 0.05) is 10.6 Å². The molecule has 3 nitrogen and oxygen atoms in total. The van der Waals surface area contributed by atoms with E-state index in [1.165, 1.54) is 11.8 Å². The summed E-state index contributed by atoms with van der Waals surface area (Å²) >= 11 is 1.42. The molecule has 2 rings (SSSR count). The molecule has 0 spiro atoms. The quantitative estimate of drug-likeness (QED) is 0.879. The minimum absolute atomic E-state index is 0.229. The van der Waals surface area contributed by atoms with E-state index < -0.39 is 0 Å². The number of nitriles is 1. The number of hydrogen-bond acceptors (Lipinski definition) is 4. The second-order valence-electron chi connectivity index (χ2n) is 3.51. The fourth-order valence-corrected chi connectivity index (χ4v) is 2.23. The van der Waals surface area contributed by atoms with Crippen LogP contribution in [0.5, 0.6) is 5.75 Å². The van der Waals surface area contributed by atoms with Crippen molar-refractivity contribution in [3.63, 3.8) is 0 Å². The Kier molecular flexibility index (Phi) is 3.31. The molecule has 4 heteroatoms. The SMILES string of the molecule is Cc1ccc(C#N)c(Sc2ccc(O)cc2)n1. The summed E-state index contributed by atoms with van der Waals surface area (Å²) in [5.74, 6) is 0.229. The highest BCUT2D eigenvalue weighted by atomic mass is 32.2. The summed E-state index contributed by atoms with van der Waals surface area (Å²) in [4.78, 5) is 5.28. The Morgan fingerprint density at radius 1 is 1.18 bits per heavy atom. The molecule has 17 heavy (non-hydrogen) atoms. The molecular weight excluding hydrogens is 232 g/mol. The second kappa shape index (κ2) is 4.89. The number of aromatic hydroxyl groups is 1. The molecular formula is C13H10N2OS. The molecule has 0 aliphatic rings. The summed E-state index contributed by atoms with van der Waals surface area (Å²) in [6, 6.07) is 12.5. The van der Waals surface area contributed by atoms with E-state index in [-0.39, 0.29) is 5.75 Å². The van der Waals surface area contributed by atoms with Gasteiger partial charge in [-0.25, -0.2) is 4.98 Å². The normalized spacial score (nSPS) is 9.88. The average molecular weight is 242 g/mol. The van der Waals surface area contributed by atoms with E-state index in [2.05, 4.69) is 11.1 Å². The third kappa shape index (κ3) is 2.77. The smallest absolute Gasteiger partial charge is 0.119 e. The maximum atomic E-state index is 9.19. The van der Waals surface area contributed by atoms with E-state index in [0.717, 1.165) is 10.6 Å². The van der Waals surface area contributed by atoms with Crippen LogP contribution in [0.3, 0.4) is 0 Å². The average Bonchev–Trinajstić information content (AvgIpc) is 2.32. The number of aryl methyl sites for hydroxylation is 1. The fraction of sp³-hybridized carbons (Fsp3) is 0.0769. The molecule has 0 amide bonds. The molecule has 0 bridgehead atoms. The molecule has 0 aliphatic heterocycles. The van der Waals surface area contributed by atoms with Crippen molar-refractivity contribution in [2.24, 2.45) is 0 Å². The topological polar surface area (TPSA) is 56.9 Å². The molecule has 1 N–H and O–H groups in total. The number of pyridine rings is 1. The first kappa shape index (κ1) is 11.5. The standard InChI is InChI=1S/C13H10N2OS/c1-9-2-3-10(8-14)13(15-9)17-12-6-4-11(16)5-7-12/h2-7,16H,1H3. The Balaban J connectivity index is 2.32. The van der Waals surface area contributed by atoms with E-state index in [4.69, 9.17) is 5.26 Å². The second-order valence-corrected chi connectivity index (χ2v) is 4.58. The first-order valence-corrected chi connectivity index (χ1v) is 5.85. The van der Waals surface area contributed by atoms with Crippen LogP contribution in [-0.4, -0.2) is 10.1 Å². The molecule has 0 radical (unpaired) electrons. The van der Waals surface area contributed by atoms with Crippen molar-refractivity contribution in [2.75, 3.05) is 0 Å². The minimum atomic E-state index is 0.229. The van der Waals surface area contributed by atoms with Gasteiger partial charge in [0.1, 0.15) is 16.8 Å². The Bertz CT molecular complexity index is 573. The van der Waals surface area contributed by atoms with Crippen molar-refractivity contribution >= 4 is 11.8 Å². The van der Waals surface area contributed by atoms with Gasteiger partial charge in [-0.1, -0.05) is 11.8 Å². The lowest BCUT2D eigenvalue weighted by Gasteiger charge is -2.04. The zero-order chi connectivity index (χ0) is 12.3. The van der Waals surface area contributed by atoms with E-state index >= 15 is 0 Å². The van der Waals surface area contributed by atoms with Crippen molar-refractivity contribution in [1.29, 1.82) is 5.26 Å². The van der Waals surface area contributed by atoms with Gasteiger partial charge in [-0.2, -0.15) is 5.26 Å². The molecule has 84 valence electrons. The van der Waals surface area contributed by atoms with E-state index in [1.807, 2.05) is 13.0 Å². The summed E-state index contributed by atoms with van der Waals surface area (Å²) in [7, 11) is 0. The minimum Gasteiger partial charge on any atom is -0.508 e. The number of phenols is 1. The summed E-state index contributed by atoms with van der Waals surface area (Å²) in [5.41, 5.74) is 1.44. The van der Waals surface area contributed by atoms with Crippen molar-refractivity contribution in [1.82, 2.24) is 4.98 Å². The molecule has 0 fully saturated rings. The lowest BCUT2D eigenvalue weighted by molar-refractivity contribution is 0.475. The van der Waals surface area contributed by atoms with Crippen LogP contribution in [0.15, 0.2) is 46.3 Å². The summed E-state index contributed by atoms with van der Waals surface area (Å²) in [6.07, 6.45) is 0. The Morgan fingerprint density at radius 3 is 2.53 bits per heavy atom. The lowest BCUT2D eigenvalue weighted by atomic mass is 10.3. The van der Waals surface area contributed by atoms with E-state index in [0.29, 0.717) is 10.6 Å². The summed E-state index contributed by atoms with van der Waals surface area (Å²) < 4.78 is 0. The fourth-order valence-electron chi connectivity index (χ4n) is 1.32. The highest BCUT2D eigenvalue weighted by Gasteiger charge is 2.06. The highest BCUT2D eigenvalue weighted by Crippen LogP contribution is 2.29. The number of hydrogen-bond donors (Lipinski definition) is 1. The first-order valence-electron chi connectivity index (χ1n) is 5.03. The third-order valence-electron chi connectivity index (χ3n) is 2.17. The molecule has 1 heterocycles. The number of rotatable bonds is 2. The van der Waals surface area contributed by atoms with Gasteiger partial charge in [-0.3, -0.25) is 0 Å². The van der Waals surface area contributed by atoms with E-state index in [9.17, 15) is 5.11 Å². The van der Waals surface area contributed by atoms with Crippen molar-refractivity contribution in [3.8, 4) is 11.8 Å². The van der Waals surface area contributed by atoms with Gasteiger partial charge in [0.2, 0.25) is 0 Å². The Morgan fingerprint density at radius 2 is 1.88 bits per heavy atom. The van der Waals surface area contributed by atoms with Crippen LogP contribution in [0, 0.1) is 18.3 Å². The number of aromatic nitrogens is 1. The predicted molar refractivity (Wildman–Crippen MR) is 65.9 cm³/mol. The van der Waals surface area contributed by atoms with Gasteiger partial charge >= 0.3 is 0 Å². The van der Waals surface area contributed by atoms with Crippen LogP contribution < -0.4 is 0 Å². The number of nitrogens with zero attached hydrogens (tertiary/aromatic N) is 2. The van der Waals surface area contributed by atoms with Crippen molar-refractivity contribution < 1.29 is 5.11 Å². The van der Waals surface area contributed by atoms with Crippen LogP contribution in [0.2, 0.25) is 0 Å². The third-order valence-corrected chi connectivity index (χ3v) is 3.18. The molecule has 0 unspecified atom stereocenters. The lowest BCUT2D eigenvalue weighted by Crippen LogP contribution is -1.89. The maximum absolute atomic E-state index is 9.19. The number of phenolic OH excluding ortho intramolecular Hbond substituents is 1. The van der Waals surface area contributed by atoms with E-state index in [1.54, 1.807) is 30.3 Å². The molecule has 2 aromatic rings. The van der Waals surface area contributed by atoms with Crippen LogP contribution in [0.25, 0.3) is 0 Å². The number of benzene rings is 1. The Labute approximate surface area is 104 Å². The molecule has 1 aromatic heterocycles. The van der Waals surface area contributed by atoms with Crippen LogP contribution in [-0.2, 0) is 0 Å². The predicted octanol–water partition coefficient (Wildman–Crippen LogP) is 3.12. The summed E-state index contributed by atoms with van der Waals surface area (Å²) in [5, 5.41) is 18.9. The Hall–Kier alpha value is -1.99. The molecule has 0 saturated heterocycles. The zero-order valence-electron chi connectivity index (χ0n) is 9.21. The van der Waals surface area contributed by atoms with Gasteiger partial charge < -0.3 is 5.11 Å². The monoisotopic (exact) mass is 242 g/mol. The largest absolute Gasteiger partial charge is 0.508 e. The highest BCUT2D eigenvalue weighted by molar-refractivity contribution is 7.99. The molecule has 1 aromatic carbocycles. The van der Waals surface area contributed by atoms with Crippen molar-refractivity contribution in [3.05, 3.63) is 47.7 Å². The van der Waals surface area contributed by atoms with Gasteiger partial charge in [0.25, 0.3) is 0 Å². The van der Waals surface area contributed by atoms with Gasteiger partial charge in [-0.05, 0) is 43.3 Å². The molecule has 0 atom stereocenters. The molecule has 0 saturated carbocycles.